The van der Waals surface area contributed by atoms with Gasteiger partial charge in [-0.05, 0) is 33.8 Å². The van der Waals surface area contributed by atoms with Crippen molar-refractivity contribution < 1.29 is 14.3 Å². The maximum absolute atomic E-state index is 12.0. The average molecular weight is 378 g/mol. The molecule has 0 saturated heterocycles. The second-order valence-corrected chi connectivity index (χ2v) is 7.56. The van der Waals surface area contributed by atoms with Gasteiger partial charge in [0.05, 0.1) is 4.88 Å². The van der Waals surface area contributed by atoms with E-state index in [1.165, 1.54) is 16.2 Å². The number of aromatic nitrogens is 1. The van der Waals surface area contributed by atoms with Gasteiger partial charge in [0.25, 0.3) is 5.91 Å². The van der Waals surface area contributed by atoms with Crippen molar-refractivity contribution >= 4 is 45.9 Å². The molecule has 3 aromatic rings. The second-order valence-electron chi connectivity index (χ2n) is 4.97. The van der Waals surface area contributed by atoms with Gasteiger partial charge in [-0.3, -0.25) is 4.79 Å². The van der Waals surface area contributed by atoms with Crippen LogP contribution in [-0.4, -0.2) is 35.4 Å². The summed E-state index contributed by atoms with van der Waals surface area (Å²) in [6.07, 6.45) is 0. The van der Waals surface area contributed by atoms with Crippen LogP contribution < -0.4 is 0 Å². The van der Waals surface area contributed by atoms with Crippen molar-refractivity contribution in [3.8, 4) is 9.88 Å². The summed E-state index contributed by atoms with van der Waals surface area (Å²) < 4.78 is 5.08. The lowest BCUT2D eigenvalue weighted by Gasteiger charge is -2.16. The maximum Gasteiger partial charge on any atom is 0.358 e. The van der Waals surface area contributed by atoms with Gasteiger partial charge in [0.1, 0.15) is 5.01 Å². The van der Waals surface area contributed by atoms with Gasteiger partial charge in [0.15, 0.2) is 12.3 Å². The second kappa shape index (κ2) is 7.69. The van der Waals surface area contributed by atoms with Crippen molar-refractivity contribution in [1.29, 1.82) is 0 Å². The molecule has 0 aliphatic rings. The molecule has 0 spiro atoms. The minimum atomic E-state index is -0.577. The molecular formula is C16H14N2O3S3. The van der Waals surface area contributed by atoms with Crippen molar-refractivity contribution in [3.63, 3.8) is 0 Å². The first-order chi connectivity index (χ1) is 11.6. The number of thiazole rings is 1. The van der Waals surface area contributed by atoms with Gasteiger partial charge in [0, 0.05) is 19.0 Å². The third-order valence-electron chi connectivity index (χ3n) is 3.20. The molecule has 1 amide bonds. The first kappa shape index (κ1) is 16.8. The normalized spacial score (nSPS) is 10.5. The van der Waals surface area contributed by atoms with Crippen LogP contribution in [0.1, 0.15) is 16.1 Å². The molecule has 0 aliphatic heterocycles. The Hall–Kier alpha value is -2.03. The summed E-state index contributed by atoms with van der Waals surface area (Å²) in [5.41, 5.74) is 1.29. The standard InChI is InChI=1S/C16H14N2O3S3/c1-18(7-11-4-6-22-9-11)14(19)8-21-16(20)12-10-24-15(17-12)13-3-2-5-23-13/h2-6,9-10H,7-8H2,1H3. The van der Waals surface area contributed by atoms with Crippen LogP contribution in [0.3, 0.4) is 0 Å². The number of carbonyl (C=O) groups is 2. The molecule has 0 aliphatic carbocycles. The summed E-state index contributed by atoms with van der Waals surface area (Å²) in [4.78, 5) is 30.9. The molecule has 0 unspecified atom stereocenters. The molecule has 0 atom stereocenters. The lowest BCUT2D eigenvalue weighted by Crippen LogP contribution is -2.30. The van der Waals surface area contributed by atoms with E-state index >= 15 is 0 Å². The van der Waals surface area contributed by atoms with E-state index in [4.69, 9.17) is 4.74 Å². The van der Waals surface area contributed by atoms with E-state index in [9.17, 15) is 9.59 Å². The number of esters is 1. The quantitative estimate of drug-likeness (QED) is 0.613. The summed E-state index contributed by atoms with van der Waals surface area (Å²) in [6.45, 7) is 0.213. The van der Waals surface area contributed by atoms with Crippen LogP contribution in [0.4, 0.5) is 0 Å². The zero-order valence-electron chi connectivity index (χ0n) is 12.8. The lowest BCUT2D eigenvalue weighted by molar-refractivity contribution is -0.133. The van der Waals surface area contributed by atoms with Gasteiger partial charge >= 0.3 is 5.97 Å². The zero-order chi connectivity index (χ0) is 16.9. The fourth-order valence-electron chi connectivity index (χ4n) is 1.94. The smallest absolute Gasteiger partial charge is 0.358 e. The van der Waals surface area contributed by atoms with Crippen LogP contribution in [-0.2, 0) is 16.1 Å². The van der Waals surface area contributed by atoms with Crippen molar-refractivity contribution in [3.05, 3.63) is 51.0 Å². The summed E-state index contributed by atoms with van der Waals surface area (Å²) in [7, 11) is 1.69. The fraction of sp³-hybridized carbons (Fsp3) is 0.188. The number of thiophene rings is 2. The highest BCUT2D eigenvalue weighted by atomic mass is 32.1. The van der Waals surface area contributed by atoms with E-state index in [1.54, 1.807) is 35.1 Å². The number of hydrogen-bond donors (Lipinski definition) is 0. The Morgan fingerprint density at radius 3 is 2.79 bits per heavy atom. The van der Waals surface area contributed by atoms with E-state index in [0.29, 0.717) is 6.54 Å². The highest BCUT2D eigenvalue weighted by molar-refractivity contribution is 7.20. The van der Waals surface area contributed by atoms with Crippen LogP contribution >= 0.6 is 34.0 Å². The van der Waals surface area contributed by atoms with E-state index < -0.39 is 5.97 Å². The first-order valence-electron chi connectivity index (χ1n) is 7.05. The Bertz CT molecular complexity index is 810. The maximum atomic E-state index is 12.0. The van der Waals surface area contributed by atoms with E-state index in [2.05, 4.69) is 4.98 Å². The highest BCUT2D eigenvalue weighted by Crippen LogP contribution is 2.27. The predicted octanol–water partition coefficient (Wildman–Crippen LogP) is 3.75. The van der Waals surface area contributed by atoms with E-state index in [1.807, 2.05) is 34.3 Å². The first-order valence-corrected chi connectivity index (χ1v) is 9.75. The Morgan fingerprint density at radius 2 is 2.08 bits per heavy atom. The third-order valence-corrected chi connectivity index (χ3v) is 5.81. The van der Waals surface area contributed by atoms with Gasteiger partial charge in [0.2, 0.25) is 0 Å². The van der Waals surface area contributed by atoms with Crippen molar-refractivity contribution in [2.75, 3.05) is 13.7 Å². The van der Waals surface area contributed by atoms with Gasteiger partial charge in [-0.2, -0.15) is 11.3 Å². The molecule has 3 heterocycles. The molecule has 0 radical (unpaired) electrons. The van der Waals surface area contributed by atoms with Crippen LogP contribution in [0.2, 0.25) is 0 Å². The number of nitrogens with zero attached hydrogens (tertiary/aromatic N) is 2. The Labute approximate surface area is 151 Å². The van der Waals surface area contributed by atoms with E-state index in [0.717, 1.165) is 15.4 Å². The van der Waals surface area contributed by atoms with Crippen LogP contribution in [0.25, 0.3) is 9.88 Å². The largest absolute Gasteiger partial charge is 0.451 e. The van der Waals surface area contributed by atoms with Crippen molar-refractivity contribution in [1.82, 2.24) is 9.88 Å². The molecule has 5 nitrogen and oxygen atoms in total. The van der Waals surface area contributed by atoms with Gasteiger partial charge in [-0.15, -0.1) is 22.7 Å². The molecule has 0 bridgehead atoms. The van der Waals surface area contributed by atoms with Crippen LogP contribution in [0.5, 0.6) is 0 Å². The zero-order valence-corrected chi connectivity index (χ0v) is 15.2. The topological polar surface area (TPSA) is 59.5 Å². The molecule has 3 aromatic heterocycles. The third kappa shape index (κ3) is 4.08. The monoisotopic (exact) mass is 378 g/mol. The lowest BCUT2D eigenvalue weighted by atomic mass is 10.3. The Morgan fingerprint density at radius 1 is 1.21 bits per heavy atom. The summed E-state index contributed by atoms with van der Waals surface area (Å²) in [5, 5.41) is 8.32. The minimum Gasteiger partial charge on any atom is -0.451 e. The van der Waals surface area contributed by atoms with Gasteiger partial charge in [-0.25, -0.2) is 9.78 Å². The Balaban J connectivity index is 1.52. The molecule has 0 fully saturated rings. The molecule has 0 aromatic carbocycles. The molecule has 8 heteroatoms. The molecule has 3 rings (SSSR count). The number of rotatable bonds is 6. The Kier molecular flexibility index (Phi) is 5.39. The number of likely N-dealkylation sites (N-methyl/N-ethyl adjacent to an activating group) is 1. The highest BCUT2D eigenvalue weighted by Gasteiger charge is 2.17. The number of ether oxygens (including phenoxy) is 1. The average Bonchev–Trinajstić information content (AvgIpc) is 3.32. The number of amides is 1. The molecule has 124 valence electrons. The van der Waals surface area contributed by atoms with Crippen molar-refractivity contribution in [2.45, 2.75) is 6.54 Å². The summed E-state index contributed by atoms with van der Waals surface area (Å²) in [6, 6.07) is 5.84. The number of hydrogen-bond acceptors (Lipinski definition) is 7. The van der Waals surface area contributed by atoms with E-state index in [-0.39, 0.29) is 18.2 Å². The van der Waals surface area contributed by atoms with Crippen LogP contribution in [0, 0.1) is 0 Å². The van der Waals surface area contributed by atoms with Crippen LogP contribution in [0.15, 0.2) is 39.7 Å². The van der Waals surface area contributed by atoms with Crippen molar-refractivity contribution in [2.24, 2.45) is 0 Å². The fourth-order valence-corrected chi connectivity index (χ4v) is 4.20. The minimum absolute atomic E-state index is 0.233. The van der Waals surface area contributed by atoms with Gasteiger partial charge < -0.3 is 9.64 Å². The molecule has 24 heavy (non-hydrogen) atoms. The SMILES string of the molecule is CN(Cc1ccsc1)C(=O)COC(=O)c1csc(-c2cccs2)n1. The summed E-state index contributed by atoms with van der Waals surface area (Å²) in [5.74, 6) is -0.824. The molecule has 0 N–H and O–H groups in total. The van der Waals surface area contributed by atoms with Gasteiger partial charge in [-0.1, -0.05) is 6.07 Å². The number of carbonyl (C=O) groups excluding carboxylic acids is 2. The predicted molar refractivity (Wildman–Crippen MR) is 96.5 cm³/mol. The molecular weight excluding hydrogens is 364 g/mol. The molecule has 0 saturated carbocycles. The summed E-state index contributed by atoms with van der Waals surface area (Å²) >= 11 is 4.52.